The van der Waals surface area contributed by atoms with Crippen LogP contribution in [-0.4, -0.2) is 38.9 Å². The Morgan fingerprint density at radius 3 is 2.33 bits per heavy atom. The summed E-state index contributed by atoms with van der Waals surface area (Å²) in [5, 5.41) is 0. The zero-order valence-corrected chi connectivity index (χ0v) is 16.5. The van der Waals surface area contributed by atoms with Crippen molar-refractivity contribution in [2.75, 3.05) is 26.6 Å². The van der Waals surface area contributed by atoms with Gasteiger partial charge in [0.15, 0.2) is 6.79 Å². The van der Waals surface area contributed by atoms with Crippen LogP contribution in [0.4, 0.5) is 13.2 Å². The van der Waals surface area contributed by atoms with Crippen molar-refractivity contribution < 1.29 is 41.7 Å². The minimum absolute atomic E-state index is 0.0341. The summed E-state index contributed by atoms with van der Waals surface area (Å²) < 4.78 is 62.2. The van der Waals surface area contributed by atoms with Crippen molar-refractivity contribution in [2.45, 2.75) is 20.2 Å². The Bertz CT molecular complexity index is 875. The molecule has 9 heteroatoms. The van der Waals surface area contributed by atoms with Gasteiger partial charge in [-0.25, -0.2) is 4.79 Å². The predicted octanol–water partition coefficient (Wildman–Crippen LogP) is 4.50. The number of benzene rings is 2. The summed E-state index contributed by atoms with van der Waals surface area (Å²) in [6.45, 7) is 5.43. The lowest BCUT2D eigenvalue weighted by Crippen LogP contribution is -2.43. The number of esters is 1. The molecule has 30 heavy (non-hydrogen) atoms. The first-order valence-corrected chi connectivity index (χ1v) is 9.11. The molecule has 6 nitrogen and oxygen atoms in total. The van der Waals surface area contributed by atoms with Crippen LogP contribution in [0, 0.1) is 12.3 Å². The molecule has 1 saturated heterocycles. The number of hydrogen-bond donors (Lipinski definition) is 0. The molecule has 0 spiro atoms. The highest BCUT2D eigenvalue weighted by molar-refractivity contribution is 5.91. The maximum absolute atomic E-state index is 12.3. The molecule has 0 aliphatic carbocycles. The van der Waals surface area contributed by atoms with Gasteiger partial charge in [-0.1, -0.05) is 6.92 Å². The van der Waals surface area contributed by atoms with E-state index in [4.69, 9.17) is 18.9 Å². The normalized spacial score (nSPS) is 15.2. The van der Waals surface area contributed by atoms with Gasteiger partial charge in [-0.3, -0.25) is 0 Å². The summed E-state index contributed by atoms with van der Waals surface area (Å²) in [6.07, 6.45) is -4.79. The van der Waals surface area contributed by atoms with Crippen molar-refractivity contribution in [1.82, 2.24) is 0 Å². The SMILES string of the molecule is Cc1cc(OC(=O)c2ccc(OCOCC3(C)COC3)cc2)ccc1OC(F)(F)F. The van der Waals surface area contributed by atoms with Crippen molar-refractivity contribution in [1.29, 1.82) is 0 Å². The molecule has 1 aliphatic heterocycles. The summed E-state index contributed by atoms with van der Waals surface area (Å²) in [5.74, 6) is -0.385. The van der Waals surface area contributed by atoms with Crippen molar-refractivity contribution in [3.63, 3.8) is 0 Å². The molecule has 2 aromatic carbocycles. The fraction of sp³-hybridized carbons (Fsp3) is 0.381. The third kappa shape index (κ3) is 6.11. The molecule has 1 aliphatic rings. The number of halogens is 3. The number of alkyl halides is 3. The van der Waals surface area contributed by atoms with Crippen LogP contribution in [0.25, 0.3) is 0 Å². The second-order valence-corrected chi connectivity index (χ2v) is 7.30. The largest absolute Gasteiger partial charge is 0.573 e. The number of carbonyl (C=O) groups is 1. The van der Waals surface area contributed by atoms with E-state index >= 15 is 0 Å². The summed E-state index contributed by atoms with van der Waals surface area (Å²) in [4.78, 5) is 12.2. The Balaban J connectivity index is 1.50. The predicted molar refractivity (Wildman–Crippen MR) is 99.6 cm³/mol. The van der Waals surface area contributed by atoms with Gasteiger partial charge in [0.05, 0.1) is 25.4 Å². The van der Waals surface area contributed by atoms with Crippen molar-refractivity contribution >= 4 is 5.97 Å². The van der Waals surface area contributed by atoms with Crippen molar-refractivity contribution in [3.8, 4) is 17.2 Å². The Kier molecular flexibility index (Phi) is 6.52. The molecule has 1 heterocycles. The first-order valence-electron chi connectivity index (χ1n) is 9.11. The highest BCUT2D eigenvalue weighted by Gasteiger charge is 2.33. The maximum atomic E-state index is 12.3. The van der Waals surface area contributed by atoms with Crippen LogP contribution in [0.3, 0.4) is 0 Å². The molecule has 162 valence electrons. The van der Waals surface area contributed by atoms with Gasteiger partial charge in [-0.15, -0.1) is 13.2 Å². The molecule has 0 bridgehead atoms. The van der Waals surface area contributed by atoms with Gasteiger partial charge < -0.3 is 23.7 Å². The highest BCUT2D eigenvalue weighted by atomic mass is 19.4. The van der Waals surface area contributed by atoms with Crippen LogP contribution in [0.2, 0.25) is 0 Å². The van der Waals surface area contributed by atoms with Crippen molar-refractivity contribution in [2.24, 2.45) is 5.41 Å². The zero-order chi connectivity index (χ0) is 21.8. The minimum atomic E-state index is -4.79. The van der Waals surface area contributed by atoms with E-state index in [2.05, 4.69) is 11.7 Å². The van der Waals surface area contributed by atoms with Crippen LogP contribution in [0.5, 0.6) is 17.2 Å². The Morgan fingerprint density at radius 2 is 1.77 bits per heavy atom. The second kappa shape index (κ2) is 8.93. The average Bonchev–Trinajstić information content (AvgIpc) is 2.65. The highest BCUT2D eigenvalue weighted by Crippen LogP contribution is 2.29. The first-order chi connectivity index (χ1) is 14.1. The third-order valence-electron chi connectivity index (χ3n) is 4.33. The van der Waals surface area contributed by atoms with Gasteiger partial charge in [0.25, 0.3) is 0 Å². The fourth-order valence-corrected chi connectivity index (χ4v) is 2.71. The standard InChI is InChI=1S/C21H21F3O6/c1-14-9-17(7-8-18(14)30-21(22,23)24)29-19(25)15-3-5-16(6-4-15)28-13-27-12-20(2)10-26-11-20/h3-9H,10-13H2,1-2H3. The Hall–Kier alpha value is -2.78. The monoisotopic (exact) mass is 426 g/mol. The molecule has 0 radical (unpaired) electrons. The van der Waals surface area contributed by atoms with E-state index < -0.39 is 12.3 Å². The van der Waals surface area contributed by atoms with E-state index in [1.165, 1.54) is 31.2 Å². The zero-order valence-electron chi connectivity index (χ0n) is 16.5. The van der Waals surface area contributed by atoms with Gasteiger partial charge in [0.2, 0.25) is 0 Å². The fourth-order valence-electron chi connectivity index (χ4n) is 2.71. The van der Waals surface area contributed by atoms with Crippen LogP contribution < -0.4 is 14.2 Å². The molecular formula is C21H21F3O6. The van der Waals surface area contributed by atoms with E-state index in [0.29, 0.717) is 25.6 Å². The molecule has 0 saturated carbocycles. The molecule has 0 aromatic heterocycles. The van der Waals surface area contributed by atoms with Gasteiger partial charge in [-0.2, -0.15) is 0 Å². The lowest BCUT2D eigenvalue weighted by Gasteiger charge is -2.37. The molecular weight excluding hydrogens is 405 g/mol. The van der Waals surface area contributed by atoms with E-state index in [9.17, 15) is 18.0 Å². The molecule has 0 unspecified atom stereocenters. The van der Waals surface area contributed by atoms with E-state index in [0.717, 1.165) is 6.07 Å². The van der Waals surface area contributed by atoms with Gasteiger partial charge in [0.1, 0.15) is 17.2 Å². The summed E-state index contributed by atoms with van der Waals surface area (Å²) >= 11 is 0. The van der Waals surface area contributed by atoms with Gasteiger partial charge in [0, 0.05) is 5.41 Å². The van der Waals surface area contributed by atoms with Gasteiger partial charge in [-0.05, 0) is 55.0 Å². The number of aryl methyl sites for hydroxylation is 1. The molecule has 2 aromatic rings. The number of ether oxygens (including phenoxy) is 5. The lowest BCUT2D eigenvalue weighted by atomic mass is 9.90. The Labute approximate surface area is 171 Å². The summed E-state index contributed by atoms with van der Waals surface area (Å²) in [6, 6.07) is 9.85. The molecule has 1 fully saturated rings. The van der Waals surface area contributed by atoms with Crippen LogP contribution >= 0.6 is 0 Å². The molecule has 0 N–H and O–H groups in total. The van der Waals surface area contributed by atoms with Crippen LogP contribution in [0.1, 0.15) is 22.8 Å². The third-order valence-corrected chi connectivity index (χ3v) is 4.33. The van der Waals surface area contributed by atoms with Gasteiger partial charge >= 0.3 is 12.3 Å². The summed E-state index contributed by atoms with van der Waals surface area (Å²) in [7, 11) is 0. The number of carbonyl (C=O) groups excluding carboxylic acids is 1. The molecule has 3 rings (SSSR count). The van der Waals surface area contributed by atoms with Crippen LogP contribution in [0.15, 0.2) is 42.5 Å². The molecule has 0 amide bonds. The topological polar surface area (TPSA) is 63.2 Å². The quantitative estimate of drug-likeness (QED) is 0.268. The van der Waals surface area contributed by atoms with E-state index in [1.54, 1.807) is 12.1 Å². The first kappa shape index (κ1) is 21.9. The number of hydrogen-bond acceptors (Lipinski definition) is 6. The van der Waals surface area contributed by atoms with E-state index in [1.807, 2.05) is 0 Å². The average molecular weight is 426 g/mol. The maximum Gasteiger partial charge on any atom is 0.573 e. The molecule has 0 atom stereocenters. The smallest absolute Gasteiger partial charge is 0.468 e. The number of rotatable bonds is 8. The summed E-state index contributed by atoms with van der Waals surface area (Å²) in [5.41, 5.74) is 0.478. The lowest BCUT2D eigenvalue weighted by molar-refractivity contribution is -0.274. The Morgan fingerprint density at radius 1 is 1.10 bits per heavy atom. The van der Waals surface area contributed by atoms with Crippen LogP contribution in [-0.2, 0) is 9.47 Å². The minimum Gasteiger partial charge on any atom is -0.468 e. The van der Waals surface area contributed by atoms with Crippen molar-refractivity contribution in [3.05, 3.63) is 53.6 Å². The van der Waals surface area contributed by atoms with E-state index in [-0.39, 0.29) is 34.8 Å². The second-order valence-electron chi connectivity index (χ2n) is 7.30.